The Morgan fingerprint density at radius 1 is 0.913 bits per heavy atom. The van der Waals surface area contributed by atoms with Crippen LogP contribution in [0.1, 0.15) is 10.4 Å². The van der Waals surface area contributed by atoms with Gasteiger partial charge in [-0.1, -0.05) is 29.3 Å². The van der Waals surface area contributed by atoms with Crippen LogP contribution in [0.15, 0.2) is 60.9 Å². The highest BCUT2D eigenvalue weighted by atomic mass is 35.5. The standard InChI is InChI=1S/C17H11Cl2N3O/c18-13-6-4-11(5-7-13)16-20-9-12(10-21-16)17(23)22-15-3-1-2-14(19)8-15/h1-10H,(H,22,23). The summed E-state index contributed by atoms with van der Waals surface area (Å²) in [6.07, 6.45) is 2.97. The summed E-state index contributed by atoms with van der Waals surface area (Å²) in [6.45, 7) is 0. The molecule has 0 unspecified atom stereocenters. The first-order valence-electron chi connectivity index (χ1n) is 6.77. The smallest absolute Gasteiger partial charge is 0.258 e. The first-order valence-corrected chi connectivity index (χ1v) is 7.52. The zero-order valence-electron chi connectivity index (χ0n) is 11.8. The normalized spacial score (nSPS) is 10.3. The number of halogens is 2. The second kappa shape index (κ2) is 6.77. The van der Waals surface area contributed by atoms with E-state index >= 15 is 0 Å². The van der Waals surface area contributed by atoms with E-state index in [1.54, 1.807) is 36.4 Å². The Balaban J connectivity index is 1.76. The zero-order valence-corrected chi connectivity index (χ0v) is 13.3. The summed E-state index contributed by atoms with van der Waals surface area (Å²) in [5.74, 6) is 0.232. The van der Waals surface area contributed by atoms with Crippen molar-refractivity contribution in [3.63, 3.8) is 0 Å². The number of nitrogens with zero attached hydrogens (tertiary/aromatic N) is 2. The van der Waals surface area contributed by atoms with Crippen LogP contribution in [0, 0.1) is 0 Å². The molecule has 2 aromatic carbocycles. The fourth-order valence-electron chi connectivity index (χ4n) is 1.96. The first-order chi connectivity index (χ1) is 11.1. The van der Waals surface area contributed by atoms with Crippen molar-refractivity contribution in [2.75, 3.05) is 5.32 Å². The summed E-state index contributed by atoms with van der Waals surface area (Å²) < 4.78 is 0. The summed E-state index contributed by atoms with van der Waals surface area (Å²) >= 11 is 11.7. The average molecular weight is 344 g/mol. The van der Waals surface area contributed by atoms with Gasteiger partial charge in [0.25, 0.3) is 5.91 Å². The third-order valence-corrected chi connectivity index (χ3v) is 3.59. The van der Waals surface area contributed by atoms with Crippen molar-refractivity contribution in [2.24, 2.45) is 0 Å². The van der Waals surface area contributed by atoms with Crippen LogP contribution in [0.3, 0.4) is 0 Å². The minimum atomic E-state index is -0.296. The van der Waals surface area contributed by atoms with Gasteiger partial charge in [-0.15, -0.1) is 0 Å². The number of benzene rings is 2. The number of aromatic nitrogens is 2. The van der Waals surface area contributed by atoms with Crippen LogP contribution in [0.25, 0.3) is 11.4 Å². The predicted octanol–water partition coefficient (Wildman–Crippen LogP) is 4.70. The van der Waals surface area contributed by atoms with Crippen molar-refractivity contribution >= 4 is 34.8 Å². The van der Waals surface area contributed by atoms with Gasteiger partial charge in [-0.25, -0.2) is 9.97 Å². The SMILES string of the molecule is O=C(Nc1cccc(Cl)c1)c1cnc(-c2ccc(Cl)cc2)nc1. The molecule has 0 atom stereocenters. The van der Waals surface area contributed by atoms with E-state index < -0.39 is 0 Å². The van der Waals surface area contributed by atoms with E-state index in [2.05, 4.69) is 15.3 Å². The maximum absolute atomic E-state index is 12.2. The second-order valence-electron chi connectivity index (χ2n) is 4.77. The van der Waals surface area contributed by atoms with Crippen molar-refractivity contribution in [3.05, 3.63) is 76.5 Å². The van der Waals surface area contributed by atoms with E-state index in [0.717, 1.165) is 5.56 Å². The highest BCUT2D eigenvalue weighted by Gasteiger charge is 2.09. The molecular formula is C17H11Cl2N3O. The van der Waals surface area contributed by atoms with Crippen LogP contribution in [0.2, 0.25) is 10.0 Å². The van der Waals surface area contributed by atoms with E-state index in [0.29, 0.717) is 27.1 Å². The van der Waals surface area contributed by atoms with Gasteiger partial charge in [-0.2, -0.15) is 0 Å². The summed E-state index contributed by atoms with van der Waals surface area (Å²) in [7, 11) is 0. The summed E-state index contributed by atoms with van der Waals surface area (Å²) in [4.78, 5) is 20.6. The van der Waals surface area contributed by atoms with Crippen LogP contribution in [-0.2, 0) is 0 Å². The van der Waals surface area contributed by atoms with Crippen LogP contribution in [-0.4, -0.2) is 15.9 Å². The van der Waals surface area contributed by atoms with Crippen molar-refractivity contribution in [2.45, 2.75) is 0 Å². The molecule has 23 heavy (non-hydrogen) atoms. The van der Waals surface area contributed by atoms with Crippen LogP contribution in [0.5, 0.6) is 0 Å². The van der Waals surface area contributed by atoms with Gasteiger partial charge in [0, 0.05) is 33.7 Å². The number of hydrogen-bond donors (Lipinski definition) is 1. The molecule has 114 valence electrons. The lowest BCUT2D eigenvalue weighted by molar-refractivity contribution is 0.102. The van der Waals surface area contributed by atoms with Crippen molar-refractivity contribution in [1.82, 2.24) is 9.97 Å². The molecule has 1 aromatic heterocycles. The second-order valence-corrected chi connectivity index (χ2v) is 5.64. The first kappa shape index (κ1) is 15.5. The maximum Gasteiger partial charge on any atom is 0.258 e. The predicted molar refractivity (Wildman–Crippen MR) is 91.9 cm³/mol. The third-order valence-electron chi connectivity index (χ3n) is 3.10. The maximum atomic E-state index is 12.2. The minimum Gasteiger partial charge on any atom is -0.322 e. The van der Waals surface area contributed by atoms with Gasteiger partial charge < -0.3 is 5.32 Å². The molecule has 0 radical (unpaired) electrons. The molecule has 3 aromatic rings. The number of hydrogen-bond acceptors (Lipinski definition) is 3. The van der Waals surface area contributed by atoms with Crippen molar-refractivity contribution in [3.8, 4) is 11.4 Å². The number of rotatable bonds is 3. The molecule has 0 aliphatic rings. The number of anilines is 1. The topological polar surface area (TPSA) is 54.9 Å². The lowest BCUT2D eigenvalue weighted by atomic mass is 10.2. The Labute approximate surface area is 143 Å². The van der Waals surface area contributed by atoms with E-state index in [4.69, 9.17) is 23.2 Å². The van der Waals surface area contributed by atoms with E-state index in [1.165, 1.54) is 12.4 Å². The monoisotopic (exact) mass is 343 g/mol. The van der Waals surface area contributed by atoms with Gasteiger partial charge >= 0.3 is 0 Å². The van der Waals surface area contributed by atoms with Gasteiger partial charge in [0.15, 0.2) is 5.82 Å². The van der Waals surface area contributed by atoms with Crippen molar-refractivity contribution < 1.29 is 4.79 Å². The number of carbonyl (C=O) groups excluding carboxylic acids is 1. The fraction of sp³-hybridized carbons (Fsp3) is 0. The quantitative estimate of drug-likeness (QED) is 0.749. The van der Waals surface area contributed by atoms with E-state index in [9.17, 15) is 4.79 Å². The lowest BCUT2D eigenvalue weighted by Gasteiger charge is -2.06. The van der Waals surface area contributed by atoms with Crippen LogP contribution < -0.4 is 5.32 Å². The molecule has 1 N–H and O–H groups in total. The Morgan fingerprint density at radius 3 is 2.26 bits per heavy atom. The Kier molecular flexibility index (Phi) is 4.55. The van der Waals surface area contributed by atoms with E-state index in [-0.39, 0.29) is 5.91 Å². The van der Waals surface area contributed by atoms with Crippen LogP contribution in [0.4, 0.5) is 5.69 Å². The number of carbonyl (C=O) groups is 1. The third kappa shape index (κ3) is 3.86. The molecule has 6 heteroatoms. The van der Waals surface area contributed by atoms with Gasteiger partial charge in [-0.3, -0.25) is 4.79 Å². The summed E-state index contributed by atoms with van der Waals surface area (Å²) in [5, 5.41) is 3.94. The molecule has 1 amide bonds. The summed E-state index contributed by atoms with van der Waals surface area (Å²) in [5.41, 5.74) is 1.81. The lowest BCUT2D eigenvalue weighted by Crippen LogP contribution is -2.12. The molecule has 1 heterocycles. The molecule has 0 aliphatic carbocycles. The fourth-order valence-corrected chi connectivity index (χ4v) is 2.28. The van der Waals surface area contributed by atoms with Crippen molar-refractivity contribution in [1.29, 1.82) is 0 Å². The Morgan fingerprint density at radius 2 is 1.61 bits per heavy atom. The molecule has 0 spiro atoms. The molecule has 4 nitrogen and oxygen atoms in total. The number of amides is 1. The largest absolute Gasteiger partial charge is 0.322 e. The molecule has 0 saturated carbocycles. The molecule has 0 bridgehead atoms. The Bertz CT molecular complexity index is 833. The highest BCUT2D eigenvalue weighted by molar-refractivity contribution is 6.31. The molecular weight excluding hydrogens is 333 g/mol. The molecule has 0 aliphatic heterocycles. The van der Waals surface area contributed by atoms with Crippen LogP contribution >= 0.6 is 23.2 Å². The molecule has 3 rings (SSSR count). The van der Waals surface area contributed by atoms with E-state index in [1.807, 2.05) is 12.1 Å². The molecule has 0 saturated heterocycles. The van der Waals surface area contributed by atoms with Gasteiger partial charge in [0.2, 0.25) is 0 Å². The van der Waals surface area contributed by atoms with Gasteiger partial charge in [0.1, 0.15) is 0 Å². The van der Waals surface area contributed by atoms with Gasteiger partial charge in [0.05, 0.1) is 5.56 Å². The zero-order chi connectivity index (χ0) is 16.2. The average Bonchev–Trinajstić information content (AvgIpc) is 2.56. The van der Waals surface area contributed by atoms with Gasteiger partial charge in [-0.05, 0) is 42.5 Å². The molecule has 0 fully saturated rings. The minimum absolute atomic E-state index is 0.296. The summed E-state index contributed by atoms with van der Waals surface area (Å²) in [6, 6.07) is 14.1. The highest BCUT2D eigenvalue weighted by Crippen LogP contribution is 2.18. The Hall–Kier alpha value is -2.43. The number of nitrogens with one attached hydrogen (secondary N) is 1.